The minimum Gasteiger partial charge on any atom is -0.475 e. The second-order valence-corrected chi connectivity index (χ2v) is 9.38. The zero-order valence-corrected chi connectivity index (χ0v) is 18.2. The Bertz CT molecular complexity index is 769. The van der Waals surface area contributed by atoms with Crippen LogP contribution in [-0.2, 0) is 20.9 Å². The number of carbonyl (C=O) groups excluding carboxylic acids is 1. The number of carboxylic acid groups (broad SMARTS) is 1. The quantitative estimate of drug-likeness (QED) is 0.698. The van der Waals surface area contributed by atoms with Crippen molar-refractivity contribution in [2.45, 2.75) is 63.9 Å². The first-order chi connectivity index (χ1) is 14.6. The molecule has 2 saturated heterocycles. The third kappa shape index (κ3) is 7.43. The van der Waals surface area contributed by atoms with Crippen molar-refractivity contribution >= 4 is 23.2 Å². The van der Waals surface area contributed by atoms with Crippen molar-refractivity contribution in [2.75, 3.05) is 19.7 Å². The fourth-order valence-corrected chi connectivity index (χ4v) is 4.88. The second-order valence-electron chi connectivity index (χ2n) is 8.44. The van der Waals surface area contributed by atoms with Crippen molar-refractivity contribution < 1.29 is 32.6 Å². The van der Waals surface area contributed by atoms with Gasteiger partial charge in [-0.3, -0.25) is 9.69 Å². The Balaban J connectivity index is 0.000000339. The number of hydrogen-bond acceptors (Lipinski definition) is 6. The van der Waals surface area contributed by atoms with Gasteiger partial charge < -0.3 is 15.2 Å². The number of likely N-dealkylation sites (tertiary alicyclic amines) is 1. The molecule has 1 aromatic rings. The van der Waals surface area contributed by atoms with Crippen molar-refractivity contribution in [3.8, 4) is 0 Å². The summed E-state index contributed by atoms with van der Waals surface area (Å²) >= 11 is 1.73. The summed E-state index contributed by atoms with van der Waals surface area (Å²) in [4.78, 5) is 28.3. The van der Waals surface area contributed by atoms with Crippen LogP contribution in [0, 0.1) is 18.8 Å². The number of carboxylic acids is 1. The van der Waals surface area contributed by atoms with Crippen LogP contribution in [-0.4, -0.2) is 64.9 Å². The average molecular weight is 464 g/mol. The summed E-state index contributed by atoms with van der Waals surface area (Å²) in [6.45, 7) is 5.69. The Labute approximate surface area is 183 Å². The van der Waals surface area contributed by atoms with E-state index in [0.29, 0.717) is 18.3 Å². The predicted octanol–water partition coefficient (Wildman–Crippen LogP) is 2.98. The standard InChI is InChI=1S/C18H27N3O2S.C2HF3O2/c1-12-11-24-17(19-12)10-21-8-14-3-2-6-23-18(14)15(9-21)20-16(22)7-13-4-5-13;3-2(4,5)1(6)7/h11,13-15,18H,2-10H2,1H3,(H,20,22);(H,6,7)/t14-,15+,18-;/m0./s1. The number of fused-ring (bicyclic) bond motifs is 1. The van der Waals surface area contributed by atoms with Crippen LogP contribution in [0.3, 0.4) is 0 Å². The molecule has 0 aromatic carbocycles. The molecule has 2 aliphatic heterocycles. The number of hydrogen-bond donors (Lipinski definition) is 2. The molecule has 174 valence electrons. The van der Waals surface area contributed by atoms with Gasteiger partial charge in [0.25, 0.3) is 0 Å². The molecule has 0 spiro atoms. The Morgan fingerprint density at radius 1 is 1.32 bits per heavy atom. The Morgan fingerprint density at radius 3 is 2.61 bits per heavy atom. The van der Waals surface area contributed by atoms with E-state index >= 15 is 0 Å². The molecule has 3 atom stereocenters. The van der Waals surface area contributed by atoms with Crippen molar-refractivity contribution in [3.63, 3.8) is 0 Å². The van der Waals surface area contributed by atoms with Gasteiger partial charge in [-0.05, 0) is 44.4 Å². The summed E-state index contributed by atoms with van der Waals surface area (Å²) in [7, 11) is 0. The van der Waals surface area contributed by atoms with Crippen LogP contribution in [0.25, 0.3) is 0 Å². The third-order valence-electron chi connectivity index (χ3n) is 5.62. The second kappa shape index (κ2) is 10.3. The van der Waals surface area contributed by atoms with E-state index in [1.807, 2.05) is 6.92 Å². The highest BCUT2D eigenvalue weighted by atomic mass is 32.1. The molecule has 4 rings (SSSR count). The number of piperidine rings is 1. The van der Waals surface area contributed by atoms with Crippen LogP contribution >= 0.6 is 11.3 Å². The maximum absolute atomic E-state index is 12.3. The highest BCUT2D eigenvalue weighted by Crippen LogP contribution is 2.33. The van der Waals surface area contributed by atoms with E-state index in [-0.39, 0.29) is 18.1 Å². The van der Waals surface area contributed by atoms with Gasteiger partial charge in [0.05, 0.1) is 18.7 Å². The fourth-order valence-electron chi connectivity index (χ4n) is 4.07. The van der Waals surface area contributed by atoms with Crippen LogP contribution in [0.4, 0.5) is 13.2 Å². The Morgan fingerprint density at radius 2 is 2.03 bits per heavy atom. The molecule has 1 saturated carbocycles. The maximum atomic E-state index is 12.3. The number of halogens is 3. The van der Waals surface area contributed by atoms with E-state index < -0.39 is 12.1 Å². The first kappa shape index (κ1) is 23.9. The van der Waals surface area contributed by atoms with Crippen molar-refractivity contribution in [3.05, 3.63) is 16.1 Å². The van der Waals surface area contributed by atoms with E-state index in [0.717, 1.165) is 38.4 Å². The number of nitrogens with zero attached hydrogens (tertiary/aromatic N) is 2. The highest BCUT2D eigenvalue weighted by molar-refractivity contribution is 7.09. The number of alkyl halides is 3. The number of thiazole rings is 1. The van der Waals surface area contributed by atoms with E-state index in [9.17, 15) is 18.0 Å². The third-order valence-corrected chi connectivity index (χ3v) is 6.58. The Kier molecular flexibility index (Phi) is 7.92. The van der Waals surface area contributed by atoms with Gasteiger partial charge in [-0.2, -0.15) is 13.2 Å². The van der Waals surface area contributed by atoms with E-state index in [4.69, 9.17) is 14.6 Å². The molecular formula is C20H28F3N3O4S. The van der Waals surface area contributed by atoms with Crippen LogP contribution in [0.15, 0.2) is 5.38 Å². The van der Waals surface area contributed by atoms with Crippen LogP contribution in [0.2, 0.25) is 0 Å². The number of aliphatic carboxylic acids is 1. The number of aromatic nitrogens is 1. The normalized spacial score (nSPS) is 26.4. The molecule has 1 aliphatic carbocycles. The van der Waals surface area contributed by atoms with Gasteiger partial charge >= 0.3 is 12.1 Å². The maximum Gasteiger partial charge on any atom is 0.490 e. The van der Waals surface area contributed by atoms with E-state index in [2.05, 4.69) is 20.6 Å². The van der Waals surface area contributed by atoms with Crippen molar-refractivity contribution in [1.29, 1.82) is 0 Å². The lowest BCUT2D eigenvalue weighted by atomic mass is 9.85. The van der Waals surface area contributed by atoms with E-state index in [1.54, 1.807) is 11.3 Å². The molecule has 0 unspecified atom stereocenters. The van der Waals surface area contributed by atoms with Gasteiger partial charge in [0.1, 0.15) is 5.01 Å². The van der Waals surface area contributed by atoms with Gasteiger partial charge in [0, 0.05) is 37.2 Å². The monoisotopic (exact) mass is 463 g/mol. The SMILES string of the molecule is Cc1csc(CN2C[C@@H]3CCCO[C@@H]3[C@H](NC(=O)CC3CC3)C2)n1.O=C(O)C(F)(F)F. The van der Waals surface area contributed by atoms with Gasteiger partial charge in [-0.1, -0.05) is 0 Å². The molecule has 31 heavy (non-hydrogen) atoms. The molecule has 0 radical (unpaired) electrons. The number of amides is 1. The predicted molar refractivity (Wildman–Crippen MR) is 108 cm³/mol. The summed E-state index contributed by atoms with van der Waals surface area (Å²) in [5.41, 5.74) is 1.10. The molecule has 1 amide bonds. The highest BCUT2D eigenvalue weighted by Gasteiger charge is 2.40. The molecule has 1 aromatic heterocycles. The summed E-state index contributed by atoms with van der Waals surface area (Å²) in [6.07, 6.45) is 0.573. The van der Waals surface area contributed by atoms with Crippen LogP contribution in [0.5, 0.6) is 0 Å². The van der Waals surface area contributed by atoms with E-state index in [1.165, 1.54) is 24.3 Å². The number of aryl methyl sites for hydroxylation is 1. The van der Waals surface area contributed by atoms with Gasteiger partial charge in [0.15, 0.2) is 0 Å². The number of rotatable bonds is 5. The van der Waals surface area contributed by atoms with Gasteiger partial charge in [0.2, 0.25) is 5.91 Å². The zero-order chi connectivity index (χ0) is 22.6. The molecule has 3 aliphatic rings. The Hall–Kier alpha value is -1.72. The lowest BCUT2D eigenvalue weighted by Crippen LogP contribution is -2.60. The first-order valence-electron chi connectivity index (χ1n) is 10.5. The molecule has 3 fully saturated rings. The largest absolute Gasteiger partial charge is 0.490 e. The minimum atomic E-state index is -5.08. The molecule has 3 heterocycles. The molecule has 0 bridgehead atoms. The van der Waals surface area contributed by atoms with Gasteiger partial charge in [-0.25, -0.2) is 9.78 Å². The summed E-state index contributed by atoms with van der Waals surface area (Å²) < 4.78 is 37.8. The first-order valence-corrected chi connectivity index (χ1v) is 11.3. The number of carbonyl (C=O) groups is 2. The lowest BCUT2D eigenvalue weighted by Gasteiger charge is -2.45. The molecule has 2 N–H and O–H groups in total. The van der Waals surface area contributed by atoms with Gasteiger partial charge in [-0.15, -0.1) is 11.3 Å². The molecule has 11 heteroatoms. The van der Waals surface area contributed by atoms with Crippen LogP contribution in [0.1, 0.15) is 42.8 Å². The topological polar surface area (TPSA) is 91.8 Å². The van der Waals surface area contributed by atoms with Crippen molar-refractivity contribution in [2.24, 2.45) is 11.8 Å². The summed E-state index contributed by atoms with van der Waals surface area (Å²) in [6, 6.07) is 0.122. The molecular weight excluding hydrogens is 435 g/mol. The van der Waals surface area contributed by atoms with Crippen LogP contribution < -0.4 is 5.32 Å². The minimum absolute atomic E-state index is 0.122. The lowest BCUT2D eigenvalue weighted by molar-refractivity contribution is -0.192. The summed E-state index contributed by atoms with van der Waals surface area (Å²) in [5.74, 6) is -1.39. The fraction of sp³-hybridized carbons (Fsp3) is 0.750. The van der Waals surface area contributed by atoms with Crippen molar-refractivity contribution in [1.82, 2.24) is 15.2 Å². The molecule has 7 nitrogen and oxygen atoms in total. The number of nitrogens with one attached hydrogen (secondary N) is 1. The zero-order valence-electron chi connectivity index (χ0n) is 17.4. The number of ether oxygens (including phenoxy) is 1. The summed E-state index contributed by atoms with van der Waals surface area (Å²) in [5, 5.41) is 13.7. The smallest absolute Gasteiger partial charge is 0.475 e. The average Bonchev–Trinajstić information content (AvgIpc) is 3.40.